The molecule has 0 atom stereocenters. The molecule has 1 N–H and O–H groups in total. The zero-order valence-electron chi connectivity index (χ0n) is 16.2. The van der Waals surface area contributed by atoms with Crippen LogP contribution in [0.15, 0.2) is 36.7 Å². The molecule has 30 heavy (non-hydrogen) atoms. The van der Waals surface area contributed by atoms with Crippen molar-refractivity contribution in [1.29, 1.82) is 0 Å². The number of rotatable bonds is 5. The van der Waals surface area contributed by atoms with Crippen molar-refractivity contribution in [3.05, 3.63) is 47.9 Å². The Morgan fingerprint density at radius 2 is 1.77 bits per heavy atom. The highest BCUT2D eigenvalue weighted by molar-refractivity contribution is 5.99. The smallest absolute Gasteiger partial charge is 0.410 e. The van der Waals surface area contributed by atoms with Crippen molar-refractivity contribution in [2.75, 3.05) is 13.1 Å². The van der Waals surface area contributed by atoms with E-state index in [4.69, 9.17) is 4.74 Å². The molecule has 1 aromatic heterocycles. The van der Waals surface area contributed by atoms with E-state index in [1.165, 1.54) is 17.3 Å². The van der Waals surface area contributed by atoms with Gasteiger partial charge in [0.2, 0.25) is 5.92 Å². The van der Waals surface area contributed by atoms with E-state index in [1.54, 1.807) is 24.3 Å². The molecule has 1 saturated heterocycles. The Morgan fingerprint density at radius 3 is 2.43 bits per heavy atom. The summed E-state index contributed by atoms with van der Waals surface area (Å²) in [5, 5.41) is 9.39. The van der Waals surface area contributed by atoms with Crippen LogP contribution in [-0.4, -0.2) is 56.5 Å². The van der Waals surface area contributed by atoms with Gasteiger partial charge in [-0.2, -0.15) is 0 Å². The van der Waals surface area contributed by atoms with Crippen molar-refractivity contribution >= 4 is 11.9 Å². The fourth-order valence-electron chi connectivity index (χ4n) is 3.95. The molecule has 1 spiro atoms. The summed E-state index contributed by atoms with van der Waals surface area (Å²) >= 11 is 0. The van der Waals surface area contributed by atoms with E-state index in [9.17, 15) is 23.5 Å². The average molecular weight is 417 g/mol. The molecule has 2 heterocycles. The van der Waals surface area contributed by atoms with Gasteiger partial charge in [-0.05, 0) is 12.8 Å². The Hall–Kier alpha value is -2.94. The van der Waals surface area contributed by atoms with Gasteiger partial charge in [-0.1, -0.05) is 24.3 Å². The van der Waals surface area contributed by atoms with Gasteiger partial charge in [-0.3, -0.25) is 19.7 Å². The summed E-state index contributed by atoms with van der Waals surface area (Å²) in [6, 6.07) is 6.63. The summed E-state index contributed by atoms with van der Waals surface area (Å²) in [7, 11) is 0. The largest absolute Gasteiger partial charge is 0.441 e. The van der Waals surface area contributed by atoms with Crippen molar-refractivity contribution < 1.29 is 28.2 Å². The molecule has 0 unspecified atom stereocenters. The molecule has 7 nitrogen and oxygen atoms in total. The van der Waals surface area contributed by atoms with E-state index in [-0.39, 0.29) is 51.2 Å². The van der Waals surface area contributed by atoms with Crippen LogP contribution in [0.5, 0.6) is 0 Å². The Morgan fingerprint density at radius 1 is 1.10 bits per heavy atom. The number of benzene rings is 1. The molecule has 2 fully saturated rings. The quantitative estimate of drug-likeness (QED) is 0.751. The number of halogens is 2. The number of aliphatic hydroxyl groups excluding tert-OH is 1. The van der Waals surface area contributed by atoms with Crippen LogP contribution in [0, 0.1) is 0 Å². The summed E-state index contributed by atoms with van der Waals surface area (Å²) in [4.78, 5) is 34.4. The van der Waals surface area contributed by atoms with Crippen LogP contribution in [0.25, 0.3) is 11.3 Å². The first-order valence-electron chi connectivity index (χ1n) is 9.71. The Kier molecular flexibility index (Phi) is 5.23. The topological polar surface area (TPSA) is 92.6 Å². The van der Waals surface area contributed by atoms with Gasteiger partial charge >= 0.3 is 6.09 Å². The second-order valence-corrected chi connectivity index (χ2v) is 7.77. The van der Waals surface area contributed by atoms with E-state index in [0.717, 1.165) is 0 Å². The number of amides is 1. The predicted octanol–water partition coefficient (Wildman–Crippen LogP) is 3.22. The standard InChI is InChI=1S/C21H21F2N3O4/c22-21(23)7-5-20(6-8-21)13-26(19(29)30-20)11-17(28)14-1-3-15(4-2-14)18-16(12-27)24-9-10-25-18/h1-4,9-10,27H,5-8,11-13H2. The molecule has 2 aliphatic rings. The van der Waals surface area contributed by atoms with Crippen LogP contribution in [0.1, 0.15) is 41.7 Å². The highest BCUT2D eigenvalue weighted by atomic mass is 19.3. The zero-order chi connectivity index (χ0) is 21.4. The molecule has 2 aromatic rings. The monoisotopic (exact) mass is 417 g/mol. The Balaban J connectivity index is 1.42. The lowest BCUT2D eigenvalue weighted by Gasteiger charge is -2.34. The van der Waals surface area contributed by atoms with Gasteiger partial charge < -0.3 is 9.84 Å². The molecule has 158 valence electrons. The fourth-order valence-corrected chi connectivity index (χ4v) is 3.95. The maximum atomic E-state index is 13.4. The first-order valence-corrected chi connectivity index (χ1v) is 9.71. The summed E-state index contributed by atoms with van der Waals surface area (Å²) in [5.41, 5.74) is 1.14. The van der Waals surface area contributed by atoms with Crippen molar-refractivity contribution in [1.82, 2.24) is 14.9 Å². The van der Waals surface area contributed by atoms with Gasteiger partial charge in [0.1, 0.15) is 5.60 Å². The third-order valence-corrected chi connectivity index (χ3v) is 5.67. The van der Waals surface area contributed by atoms with Crippen LogP contribution in [0.3, 0.4) is 0 Å². The van der Waals surface area contributed by atoms with Crippen molar-refractivity contribution in [2.24, 2.45) is 0 Å². The van der Waals surface area contributed by atoms with Crippen LogP contribution >= 0.6 is 0 Å². The molecular weight excluding hydrogens is 396 g/mol. The van der Waals surface area contributed by atoms with Gasteiger partial charge in [-0.15, -0.1) is 0 Å². The molecule has 1 aliphatic carbocycles. The second-order valence-electron chi connectivity index (χ2n) is 7.77. The predicted molar refractivity (Wildman–Crippen MR) is 102 cm³/mol. The molecule has 4 rings (SSSR count). The zero-order valence-corrected chi connectivity index (χ0v) is 16.2. The van der Waals surface area contributed by atoms with E-state index in [0.29, 0.717) is 22.5 Å². The van der Waals surface area contributed by atoms with Crippen molar-refractivity contribution in [2.45, 2.75) is 43.8 Å². The van der Waals surface area contributed by atoms with Gasteiger partial charge in [0.15, 0.2) is 5.78 Å². The van der Waals surface area contributed by atoms with Gasteiger partial charge in [0.25, 0.3) is 0 Å². The van der Waals surface area contributed by atoms with E-state index >= 15 is 0 Å². The molecule has 1 saturated carbocycles. The number of alkyl halides is 2. The number of hydrogen-bond acceptors (Lipinski definition) is 6. The lowest BCUT2D eigenvalue weighted by atomic mass is 9.82. The highest BCUT2D eigenvalue weighted by Crippen LogP contribution is 2.43. The first kappa shape index (κ1) is 20.3. The van der Waals surface area contributed by atoms with E-state index < -0.39 is 17.6 Å². The number of aliphatic hydroxyl groups is 1. The molecule has 1 aromatic carbocycles. The minimum Gasteiger partial charge on any atom is -0.441 e. The molecule has 1 amide bonds. The summed E-state index contributed by atoms with van der Waals surface area (Å²) in [6.07, 6.45) is 1.92. The lowest BCUT2D eigenvalue weighted by Crippen LogP contribution is -2.42. The minimum atomic E-state index is -2.72. The van der Waals surface area contributed by atoms with Gasteiger partial charge in [0, 0.05) is 36.4 Å². The van der Waals surface area contributed by atoms with Crippen LogP contribution in [-0.2, 0) is 11.3 Å². The van der Waals surface area contributed by atoms with Crippen molar-refractivity contribution in [3.63, 3.8) is 0 Å². The number of nitrogens with zero attached hydrogens (tertiary/aromatic N) is 3. The molecule has 0 radical (unpaired) electrons. The molecule has 0 bridgehead atoms. The van der Waals surface area contributed by atoms with Crippen LogP contribution in [0.4, 0.5) is 13.6 Å². The first-order chi connectivity index (χ1) is 14.3. The van der Waals surface area contributed by atoms with Gasteiger partial charge in [-0.25, -0.2) is 13.6 Å². The van der Waals surface area contributed by atoms with Gasteiger partial charge in [0.05, 0.1) is 31.1 Å². The van der Waals surface area contributed by atoms with Crippen LogP contribution < -0.4 is 0 Å². The number of aromatic nitrogens is 2. The average Bonchev–Trinajstić information content (AvgIpc) is 3.05. The normalized spacial score (nSPS) is 19.7. The van der Waals surface area contributed by atoms with Crippen molar-refractivity contribution in [3.8, 4) is 11.3 Å². The van der Waals surface area contributed by atoms with E-state index in [1.807, 2.05) is 0 Å². The Labute approximate surface area is 171 Å². The maximum Gasteiger partial charge on any atom is 0.410 e. The number of carbonyl (C=O) groups is 2. The minimum absolute atomic E-state index is 0.0937. The summed E-state index contributed by atoms with van der Waals surface area (Å²) in [5.74, 6) is -3.00. The lowest BCUT2D eigenvalue weighted by molar-refractivity contribution is -0.0910. The summed E-state index contributed by atoms with van der Waals surface area (Å²) in [6.45, 7) is -0.289. The number of hydrogen-bond donors (Lipinski definition) is 1. The fraction of sp³-hybridized carbons (Fsp3) is 0.429. The third-order valence-electron chi connectivity index (χ3n) is 5.67. The molecular formula is C21H21F2N3O4. The second kappa shape index (κ2) is 7.71. The maximum absolute atomic E-state index is 13.4. The highest BCUT2D eigenvalue weighted by Gasteiger charge is 2.51. The SMILES string of the molecule is O=C(CN1CC2(CCC(F)(F)CC2)OC1=O)c1ccc(-c2nccnc2CO)cc1. The number of carbonyl (C=O) groups excluding carboxylic acids is 2. The van der Waals surface area contributed by atoms with Crippen LogP contribution in [0.2, 0.25) is 0 Å². The molecule has 1 aliphatic heterocycles. The number of Topliss-reactive ketones (excluding diaryl/α,β-unsaturated/α-hetero) is 1. The third kappa shape index (κ3) is 4.02. The number of ketones is 1. The van der Waals surface area contributed by atoms with E-state index in [2.05, 4.69) is 9.97 Å². The summed E-state index contributed by atoms with van der Waals surface area (Å²) < 4.78 is 32.3. The Bertz CT molecular complexity index is 955. The number of ether oxygens (including phenoxy) is 1. The molecule has 9 heteroatoms.